The Balaban J connectivity index is 1.82. The van der Waals surface area contributed by atoms with Gasteiger partial charge < -0.3 is 10.1 Å². The summed E-state index contributed by atoms with van der Waals surface area (Å²) in [6.07, 6.45) is 6.42. The topological polar surface area (TPSA) is 112 Å². The molecular weight excluding hydrogens is 452 g/mol. The summed E-state index contributed by atoms with van der Waals surface area (Å²) < 4.78 is 30.4. The highest BCUT2D eigenvalue weighted by Gasteiger charge is 2.16. The molecule has 0 atom stereocenters. The first-order valence-corrected chi connectivity index (χ1v) is 13.0. The molecule has 34 heavy (non-hydrogen) atoms. The second-order valence-electron chi connectivity index (χ2n) is 8.51. The summed E-state index contributed by atoms with van der Waals surface area (Å²) >= 11 is 0. The van der Waals surface area contributed by atoms with Crippen LogP contribution >= 0.6 is 0 Å². The molecule has 4 rings (SSSR count). The van der Waals surface area contributed by atoms with Gasteiger partial charge in [-0.3, -0.25) is 9.97 Å². The quantitative estimate of drug-likeness (QED) is 0.406. The van der Waals surface area contributed by atoms with Crippen LogP contribution in [-0.4, -0.2) is 58.8 Å². The maximum atomic E-state index is 11.5. The van der Waals surface area contributed by atoms with Crippen molar-refractivity contribution in [2.75, 3.05) is 31.0 Å². The average molecular weight is 481 g/mol. The van der Waals surface area contributed by atoms with Gasteiger partial charge in [-0.1, -0.05) is 13.8 Å². The van der Waals surface area contributed by atoms with Crippen molar-refractivity contribution in [2.24, 2.45) is 0 Å². The molecule has 0 radical (unpaired) electrons. The molecule has 0 aliphatic carbocycles. The van der Waals surface area contributed by atoms with E-state index in [1.54, 1.807) is 36.4 Å². The monoisotopic (exact) mass is 480 g/mol. The maximum Gasteiger partial charge on any atom is 0.156 e. The molecule has 0 spiro atoms. The van der Waals surface area contributed by atoms with Crippen molar-refractivity contribution < 1.29 is 13.2 Å². The van der Waals surface area contributed by atoms with Gasteiger partial charge >= 0.3 is 0 Å². The van der Waals surface area contributed by atoms with E-state index in [0.717, 1.165) is 39.2 Å². The van der Waals surface area contributed by atoms with E-state index in [4.69, 9.17) is 14.7 Å². The fourth-order valence-electron chi connectivity index (χ4n) is 3.67. The van der Waals surface area contributed by atoms with Crippen LogP contribution in [0.5, 0.6) is 5.75 Å². The molecule has 0 amide bonds. The number of hydrogen-bond donors (Lipinski definition) is 1. The maximum absolute atomic E-state index is 11.5. The van der Waals surface area contributed by atoms with Gasteiger partial charge in [0.25, 0.3) is 0 Å². The Morgan fingerprint density at radius 3 is 2.65 bits per heavy atom. The molecule has 0 unspecified atom stereocenters. The van der Waals surface area contributed by atoms with Crippen molar-refractivity contribution in [1.82, 2.24) is 24.7 Å². The van der Waals surface area contributed by atoms with E-state index < -0.39 is 9.84 Å². The van der Waals surface area contributed by atoms with Gasteiger partial charge in [-0.05, 0) is 31.0 Å². The van der Waals surface area contributed by atoms with Gasteiger partial charge in [0.1, 0.15) is 15.6 Å². The number of fused-ring (bicyclic) bond motifs is 1. The molecule has 0 bridgehead atoms. The van der Waals surface area contributed by atoms with Crippen molar-refractivity contribution in [3.8, 4) is 22.8 Å². The molecule has 9 nitrogen and oxygen atoms in total. The zero-order valence-electron chi connectivity index (χ0n) is 19.9. The van der Waals surface area contributed by atoms with Crippen LogP contribution in [0, 0.1) is 6.92 Å². The first-order valence-electron chi connectivity index (χ1n) is 10.9. The van der Waals surface area contributed by atoms with Gasteiger partial charge in [-0.15, -0.1) is 0 Å². The van der Waals surface area contributed by atoms with Crippen molar-refractivity contribution >= 4 is 26.4 Å². The van der Waals surface area contributed by atoms with Crippen LogP contribution in [0.3, 0.4) is 0 Å². The number of nitrogens with zero attached hydrogens (tertiary/aromatic N) is 5. The molecule has 178 valence electrons. The van der Waals surface area contributed by atoms with Gasteiger partial charge in [0, 0.05) is 53.7 Å². The summed E-state index contributed by atoms with van der Waals surface area (Å²) in [7, 11) is -1.44. The lowest BCUT2D eigenvalue weighted by Gasteiger charge is -2.14. The Morgan fingerprint density at radius 2 is 1.94 bits per heavy atom. The summed E-state index contributed by atoms with van der Waals surface area (Å²) in [6.45, 7) is 6.38. The highest BCUT2D eigenvalue weighted by Crippen LogP contribution is 2.31. The molecule has 4 heterocycles. The Kier molecular flexibility index (Phi) is 6.52. The molecule has 0 aliphatic rings. The third kappa shape index (κ3) is 5.01. The molecule has 4 aromatic heterocycles. The highest BCUT2D eigenvalue weighted by molar-refractivity contribution is 7.90. The van der Waals surface area contributed by atoms with Gasteiger partial charge in [0.2, 0.25) is 0 Å². The number of aryl methyl sites for hydroxylation is 1. The highest BCUT2D eigenvalue weighted by atomic mass is 32.2. The van der Waals surface area contributed by atoms with Crippen LogP contribution in [0.2, 0.25) is 0 Å². The summed E-state index contributed by atoms with van der Waals surface area (Å²) in [5, 5.41) is 8.73. The third-order valence-electron chi connectivity index (χ3n) is 5.48. The summed E-state index contributed by atoms with van der Waals surface area (Å²) in [4.78, 5) is 13.8. The Morgan fingerprint density at radius 1 is 1.15 bits per heavy atom. The number of nitrogens with one attached hydrogen (secondary N) is 1. The van der Waals surface area contributed by atoms with E-state index in [1.165, 1.54) is 6.26 Å². The van der Waals surface area contributed by atoms with Gasteiger partial charge in [0.05, 0.1) is 35.8 Å². The fraction of sp³-hybridized carbons (Fsp3) is 0.333. The largest absolute Gasteiger partial charge is 0.496 e. The number of anilines is 1. The summed E-state index contributed by atoms with van der Waals surface area (Å²) in [5.74, 6) is 1.55. The fourth-order valence-corrected chi connectivity index (χ4v) is 4.15. The van der Waals surface area contributed by atoms with Crippen LogP contribution < -0.4 is 10.1 Å². The van der Waals surface area contributed by atoms with Gasteiger partial charge in [0.15, 0.2) is 5.82 Å². The van der Waals surface area contributed by atoms with Crippen LogP contribution in [-0.2, 0) is 9.84 Å². The lowest BCUT2D eigenvalue weighted by atomic mass is 10.1. The number of ether oxygens (including phenoxy) is 1. The normalized spacial score (nSPS) is 11.8. The third-order valence-corrected chi connectivity index (χ3v) is 6.42. The zero-order valence-corrected chi connectivity index (χ0v) is 20.7. The Labute approximate surface area is 199 Å². The van der Waals surface area contributed by atoms with Crippen LogP contribution in [0.15, 0.2) is 42.9 Å². The minimum Gasteiger partial charge on any atom is -0.496 e. The Hall–Kier alpha value is -3.53. The minimum absolute atomic E-state index is 0.0491. The number of sulfone groups is 1. The molecule has 1 N–H and O–H groups in total. The number of hydrogen-bond acceptors (Lipinski definition) is 8. The van der Waals surface area contributed by atoms with E-state index >= 15 is 0 Å². The van der Waals surface area contributed by atoms with Crippen molar-refractivity contribution in [3.05, 3.63) is 54.2 Å². The van der Waals surface area contributed by atoms with Crippen LogP contribution in [0.1, 0.15) is 31.2 Å². The molecule has 0 fully saturated rings. The molecule has 0 saturated heterocycles. The predicted octanol–water partition coefficient (Wildman–Crippen LogP) is 3.77. The lowest BCUT2D eigenvalue weighted by Crippen LogP contribution is -2.15. The van der Waals surface area contributed by atoms with E-state index in [2.05, 4.69) is 29.2 Å². The van der Waals surface area contributed by atoms with Crippen molar-refractivity contribution in [1.29, 1.82) is 0 Å². The van der Waals surface area contributed by atoms with Crippen molar-refractivity contribution in [3.63, 3.8) is 0 Å². The zero-order chi connectivity index (χ0) is 24.5. The lowest BCUT2D eigenvalue weighted by molar-refractivity contribution is 0.416. The molecular formula is C24H28N6O3S. The van der Waals surface area contributed by atoms with E-state index in [9.17, 15) is 8.42 Å². The van der Waals surface area contributed by atoms with Crippen LogP contribution in [0.25, 0.3) is 28.0 Å². The standard InChI is InChI=1S/C24H28N6O3S/c1-15(2)20-10-17(26-8-9-34(5,31)32)11-24(29-20)30-22-12-21(28-16(3)18(22)14-27-30)19-13-25-7-6-23(19)33-4/h6-7,10-15H,8-9H2,1-5H3,(H,26,29). The summed E-state index contributed by atoms with van der Waals surface area (Å²) in [5.41, 5.74) is 4.86. The molecule has 0 aliphatic heterocycles. The average Bonchev–Trinajstić information content (AvgIpc) is 3.22. The first-order chi connectivity index (χ1) is 16.2. The second kappa shape index (κ2) is 9.38. The summed E-state index contributed by atoms with van der Waals surface area (Å²) in [6, 6.07) is 7.58. The SMILES string of the molecule is COc1ccncc1-c1cc2c(cnn2-c2cc(NCCS(C)(=O)=O)cc(C(C)C)n2)c(C)n1. The smallest absolute Gasteiger partial charge is 0.156 e. The number of pyridine rings is 3. The number of methoxy groups -OCH3 is 1. The molecule has 0 aromatic carbocycles. The van der Waals surface area contributed by atoms with E-state index in [-0.39, 0.29) is 11.7 Å². The van der Waals surface area contributed by atoms with Gasteiger partial charge in [-0.25, -0.2) is 18.1 Å². The molecule has 10 heteroatoms. The van der Waals surface area contributed by atoms with Crippen molar-refractivity contribution in [2.45, 2.75) is 26.7 Å². The second-order valence-corrected chi connectivity index (χ2v) is 10.8. The molecule has 0 saturated carbocycles. The number of rotatable bonds is 8. The van der Waals surface area contributed by atoms with Crippen LogP contribution in [0.4, 0.5) is 5.69 Å². The van der Waals surface area contributed by atoms with E-state index in [1.807, 2.05) is 25.1 Å². The first kappa shape index (κ1) is 23.6. The van der Waals surface area contributed by atoms with Gasteiger partial charge in [-0.2, -0.15) is 5.10 Å². The minimum atomic E-state index is -3.06. The van der Waals surface area contributed by atoms with E-state index in [0.29, 0.717) is 18.1 Å². The number of aromatic nitrogens is 5. The molecule has 4 aromatic rings. The predicted molar refractivity (Wildman–Crippen MR) is 133 cm³/mol. The Bertz CT molecular complexity index is 1450.